The minimum absolute atomic E-state index is 0. The van der Waals surface area contributed by atoms with Crippen molar-refractivity contribution in [1.82, 2.24) is 0 Å². The number of aryl methyl sites for hydroxylation is 2. The van der Waals surface area contributed by atoms with Gasteiger partial charge in [0.05, 0.1) is 13.2 Å². The summed E-state index contributed by atoms with van der Waals surface area (Å²) >= 11 is 0. The topological polar surface area (TPSA) is 35.5 Å². The van der Waals surface area contributed by atoms with Gasteiger partial charge >= 0.3 is 0 Å². The van der Waals surface area contributed by atoms with Gasteiger partial charge in [-0.15, -0.1) is 0 Å². The number of ether oxygens (including phenoxy) is 2. The molecule has 0 bridgehead atoms. The van der Waals surface area contributed by atoms with E-state index in [1.807, 2.05) is 32.0 Å². The van der Waals surface area contributed by atoms with Crippen LogP contribution in [0.2, 0.25) is 0 Å². The average molecular weight is 450 g/mol. The summed E-state index contributed by atoms with van der Waals surface area (Å²) in [6, 6.07) is 10.2. The first-order valence-corrected chi connectivity index (χ1v) is 12.2. The fourth-order valence-corrected chi connectivity index (χ4v) is 4.47. The normalized spacial score (nSPS) is 11.8. The number of rotatable bonds is 9. The van der Waals surface area contributed by atoms with Gasteiger partial charge in [0.1, 0.15) is 11.5 Å². The Kier molecular flexibility index (Phi) is 11.0. The first-order chi connectivity index (χ1) is 14.4. The zero-order valence-corrected chi connectivity index (χ0v) is 22.7. The van der Waals surface area contributed by atoms with Crippen LogP contribution in [-0.4, -0.2) is 37.6 Å². The number of carbonyl (C=O) groups excluding carboxylic acids is 1. The molecule has 2 aromatic carbocycles. The molecule has 5 heteroatoms. The van der Waals surface area contributed by atoms with Crippen LogP contribution in [0.1, 0.15) is 75.5 Å². The van der Waals surface area contributed by atoms with E-state index in [1.54, 1.807) is 0 Å². The van der Waals surface area contributed by atoms with E-state index in [1.165, 1.54) is 5.56 Å². The molecule has 0 saturated heterocycles. The zero-order chi connectivity index (χ0) is 23.3. The Morgan fingerprint density at radius 2 is 1.44 bits per heavy atom. The van der Waals surface area contributed by atoms with Crippen LogP contribution >= 0.6 is 8.58 Å². The van der Waals surface area contributed by atoms with E-state index < -0.39 is 0 Å². The first kappa shape index (κ1) is 28.8. The molecule has 0 saturated carbocycles. The van der Waals surface area contributed by atoms with Crippen molar-refractivity contribution in [1.29, 1.82) is 0 Å². The van der Waals surface area contributed by atoms with E-state index in [2.05, 4.69) is 60.6 Å². The maximum atomic E-state index is 13.3. The average Bonchev–Trinajstić information content (AvgIpc) is 2.64. The molecule has 1 unspecified atom stereocenters. The molecule has 1 radical (unpaired) electrons. The van der Waals surface area contributed by atoms with Crippen LogP contribution in [0.5, 0.6) is 11.5 Å². The van der Waals surface area contributed by atoms with Crippen molar-refractivity contribution < 1.29 is 14.3 Å². The van der Waals surface area contributed by atoms with E-state index in [9.17, 15) is 4.79 Å². The van der Waals surface area contributed by atoms with E-state index in [-0.39, 0.29) is 38.4 Å². The summed E-state index contributed by atoms with van der Waals surface area (Å²) in [4.78, 5) is 13.3. The SMILES string of the molecule is Cc1cc(C(C)(C)C)cc(C)c1C(=O)Pc1ccc(OCC(C)C)cc1OCC(C)C.[Li]. The Balaban J connectivity index is 0.00000512. The van der Waals surface area contributed by atoms with E-state index >= 15 is 0 Å². The molecule has 0 aromatic heterocycles. The van der Waals surface area contributed by atoms with Crippen molar-refractivity contribution in [3.8, 4) is 11.5 Å². The molecule has 3 nitrogen and oxygen atoms in total. The summed E-state index contributed by atoms with van der Waals surface area (Å²) in [5.74, 6) is 2.39. The molecule has 2 aromatic rings. The molecule has 0 aliphatic carbocycles. The molecule has 0 heterocycles. The van der Waals surface area contributed by atoms with Crippen molar-refractivity contribution in [2.45, 2.75) is 67.7 Å². The molecule has 0 aliphatic rings. The summed E-state index contributed by atoms with van der Waals surface area (Å²) in [5, 5.41) is 0.932. The Bertz CT molecular complexity index is 891. The molecule has 2 rings (SSSR count). The third-order valence-electron chi connectivity index (χ3n) is 4.98. The number of hydrogen-bond donors (Lipinski definition) is 0. The maximum Gasteiger partial charge on any atom is 0.186 e. The van der Waals surface area contributed by atoms with E-state index in [0.29, 0.717) is 25.0 Å². The molecule has 0 fully saturated rings. The smallest absolute Gasteiger partial charge is 0.186 e. The van der Waals surface area contributed by atoms with Crippen LogP contribution < -0.4 is 14.8 Å². The molecular weight excluding hydrogens is 410 g/mol. The Hall–Kier alpha value is -1.26. The third kappa shape index (κ3) is 8.26. The first-order valence-electron chi connectivity index (χ1n) is 11.2. The second kappa shape index (κ2) is 12.3. The van der Waals surface area contributed by atoms with Gasteiger partial charge in [0, 0.05) is 35.8 Å². The number of carbonyl (C=O) groups is 1. The monoisotopic (exact) mass is 449 g/mol. The van der Waals surface area contributed by atoms with Crippen molar-refractivity contribution in [2.75, 3.05) is 13.2 Å². The van der Waals surface area contributed by atoms with Crippen LogP contribution in [0.4, 0.5) is 0 Å². The van der Waals surface area contributed by atoms with Gasteiger partial charge < -0.3 is 9.47 Å². The Morgan fingerprint density at radius 1 is 0.906 bits per heavy atom. The van der Waals surface area contributed by atoms with E-state index in [0.717, 1.165) is 33.5 Å². The van der Waals surface area contributed by atoms with Gasteiger partial charge in [-0.1, -0.05) is 60.6 Å². The minimum Gasteiger partial charge on any atom is -0.493 e. The van der Waals surface area contributed by atoms with Crippen LogP contribution in [0, 0.1) is 25.7 Å². The molecule has 32 heavy (non-hydrogen) atoms. The van der Waals surface area contributed by atoms with Gasteiger partial charge in [-0.25, -0.2) is 0 Å². The second-order valence-electron chi connectivity index (χ2n) is 10.3. The molecule has 171 valence electrons. The molecule has 0 N–H and O–H groups in total. The Morgan fingerprint density at radius 3 is 1.94 bits per heavy atom. The van der Waals surface area contributed by atoms with Gasteiger partial charge in [0.2, 0.25) is 0 Å². The predicted molar refractivity (Wildman–Crippen MR) is 140 cm³/mol. The summed E-state index contributed by atoms with van der Waals surface area (Å²) in [6.07, 6.45) is 0. The quantitative estimate of drug-likeness (QED) is 0.327. The predicted octanol–water partition coefficient (Wildman–Crippen LogP) is 6.43. The largest absolute Gasteiger partial charge is 0.493 e. The van der Waals surface area contributed by atoms with Gasteiger partial charge in [0.25, 0.3) is 0 Å². The van der Waals surface area contributed by atoms with Gasteiger partial charge in [-0.05, 0) is 68.5 Å². The van der Waals surface area contributed by atoms with Gasteiger partial charge in [0.15, 0.2) is 5.52 Å². The summed E-state index contributed by atoms with van der Waals surface area (Å²) in [5.41, 5.74) is 4.40. The fourth-order valence-electron chi connectivity index (χ4n) is 3.27. The molecule has 0 aliphatic heterocycles. The molecule has 0 amide bonds. The van der Waals surface area contributed by atoms with Gasteiger partial charge in [-0.3, -0.25) is 4.79 Å². The summed E-state index contributed by atoms with van der Waals surface area (Å²) in [7, 11) is 0.00847. The molecule has 0 spiro atoms. The minimum atomic E-state index is 0. The zero-order valence-electron chi connectivity index (χ0n) is 21.7. The molecule has 1 atom stereocenters. The third-order valence-corrected chi connectivity index (χ3v) is 6.14. The summed E-state index contributed by atoms with van der Waals surface area (Å²) in [6.45, 7) is 20.4. The van der Waals surface area contributed by atoms with Crippen molar-refractivity contribution in [3.05, 3.63) is 52.6 Å². The van der Waals surface area contributed by atoms with Gasteiger partial charge in [-0.2, -0.15) is 0 Å². The van der Waals surface area contributed by atoms with E-state index in [4.69, 9.17) is 9.47 Å². The van der Waals surface area contributed by atoms with Crippen LogP contribution in [0.15, 0.2) is 30.3 Å². The standard InChI is InChI=1S/C27H39O3P.Li/c1-17(2)15-29-22-10-11-24(23(14-22)30-16-18(3)4)31-26(28)25-19(5)12-21(13-20(25)6)27(7,8)9;/h10-14,17-18,31H,15-16H2,1-9H3;. The van der Waals surface area contributed by atoms with Crippen molar-refractivity contribution in [2.24, 2.45) is 11.8 Å². The molecular formula is C27H39LiO3P. The fraction of sp³-hybridized carbons (Fsp3) is 0.519. The van der Waals surface area contributed by atoms with Crippen LogP contribution in [0.3, 0.4) is 0 Å². The van der Waals surface area contributed by atoms with Crippen LogP contribution in [0.25, 0.3) is 0 Å². The number of hydrogen-bond acceptors (Lipinski definition) is 3. The Labute approximate surface area is 209 Å². The number of benzene rings is 2. The second-order valence-corrected chi connectivity index (χ2v) is 11.5. The maximum absolute atomic E-state index is 13.3. The van der Waals surface area contributed by atoms with Crippen molar-refractivity contribution in [3.63, 3.8) is 0 Å². The summed E-state index contributed by atoms with van der Waals surface area (Å²) < 4.78 is 12.0. The van der Waals surface area contributed by atoms with Crippen molar-refractivity contribution >= 4 is 38.3 Å². The van der Waals surface area contributed by atoms with Crippen LogP contribution in [-0.2, 0) is 5.41 Å².